The average Bonchev–Trinajstić information content (AvgIpc) is 3.06. The van der Waals surface area contributed by atoms with E-state index in [4.69, 9.17) is 15.2 Å². The van der Waals surface area contributed by atoms with Crippen LogP contribution in [0.15, 0.2) is 46.8 Å². The molecule has 1 aliphatic rings. The first kappa shape index (κ1) is 17.5. The largest absolute Gasteiger partial charge is 0.497 e. The summed E-state index contributed by atoms with van der Waals surface area (Å²) in [5.41, 5.74) is 9.22. The Kier molecular flexibility index (Phi) is 4.92. The molecule has 1 atom stereocenters. The van der Waals surface area contributed by atoms with Gasteiger partial charge < -0.3 is 15.2 Å². The van der Waals surface area contributed by atoms with Crippen LogP contribution >= 0.6 is 0 Å². The van der Waals surface area contributed by atoms with Gasteiger partial charge in [0.25, 0.3) is 0 Å². The van der Waals surface area contributed by atoms with Crippen LogP contribution in [0.2, 0.25) is 0 Å². The molecule has 0 saturated heterocycles. The predicted octanol–water partition coefficient (Wildman–Crippen LogP) is 2.72. The summed E-state index contributed by atoms with van der Waals surface area (Å²) < 4.78 is 10.6. The van der Waals surface area contributed by atoms with E-state index in [0.29, 0.717) is 23.7 Å². The number of hydrogen-bond donors (Lipinski definition) is 1. The van der Waals surface area contributed by atoms with Crippen molar-refractivity contribution >= 4 is 17.7 Å². The van der Waals surface area contributed by atoms with Crippen LogP contribution in [0.5, 0.6) is 11.5 Å². The first-order valence-corrected chi connectivity index (χ1v) is 8.06. The van der Waals surface area contributed by atoms with Crippen LogP contribution in [0, 0.1) is 6.92 Å². The monoisotopic (exact) mass is 355 g/mol. The maximum atomic E-state index is 11.7. The summed E-state index contributed by atoms with van der Waals surface area (Å²) in [6.45, 7) is 2.38. The third-order valence-corrected chi connectivity index (χ3v) is 4.21. The lowest BCUT2D eigenvalue weighted by atomic mass is 10.1. The molecule has 26 heavy (non-hydrogen) atoms. The van der Waals surface area contributed by atoms with Gasteiger partial charge in [-0.3, -0.25) is 4.79 Å². The molecule has 0 aliphatic carbocycles. The van der Waals surface area contributed by atoms with Crippen molar-refractivity contribution in [2.75, 3.05) is 25.0 Å². The number of aldehydes is 1. The second-order valence-corrected chi connectivity index (χ2v) is 5.93. The van der Waals surface area contributed by atoms with E-state index in [1.165, 1.54) is 5.01 Å². The van der Waals surface area contributed by atoms with E-state index in [0.717, 1.165) is 23.1 Å². The number of anilines is 2. The van der Waals surface area contributed by atoms with Gasteiger partial charge in [-0.2, -0.15) is 0 Å². The quantitative estimate of drug-likeness (QED) is 0.633. The highest BCUT2D eigenvalue weighted by molar-refractivity contribution is 5.67. The third kappa shape index (κ3) is 3.39. The van der Waals surface area contributed by atoms with Crippen molar-refractivity contribution in [1.29, 1.82) is 0 Å². The fourth-order valence-electron chi connectivity index (χ4n) is 2.73. The first-order chi connectivity index (χ1) is 12.5. The van der Waals surface area contributed by atoms with Gasteiger partial charge in [0.2, 0.25) is 0 Å². The van der Waals surface area contributed by atoms with Crippen LogP contribution < -0.4 is 20.2 Å². The number of nitrogens with two attached hydrogens (primary N) is 1. The fraction of sp³-hybridized carbons (Fsp3) is 0.278. The van der Waals surface area contributed by atoms with Gasteiger partial charge in [0, 0.05) is 23.9 Å². The highest BCUT2D eigenvalue weighted by Gasteiger charge is 2.31. The van der Waals surface area contributed by atoms with E-state index >= 15 is 0 Å². The summed E-state index contributed by atoms with van der Waals surface area (Å²) in [7, 11) is 3.13. The SMILES string of the molecule is COc1cc(OC)cc(N2N=NN(Cc3ccc(N)c(C)c3)C2C=O)c1. The minimum Gasteiger partial charge on any atom is -0.497 e. The molecular weight excluding hydrogens is 334 g/mol. The van der Waals surface area contributed by atoms with Crippen LogP contribution in [-0.4, -0.2) is 31.7 Å². The van der Waals surface area contributed by atoms with Gasteiger partial charge in [-0.05, 0) is 29.3 Å². The van der Waals surface area contributed by atoms with Gasteiger partial charge in [0.05, 0.1) is 26.5 Å². The second-order valence-electron chi connectivity index (χ2n) is 5.93. The number of hydrogen-bond acceptors (Lipinski definition) is 8. The Morgan fingerprint density at radius 2 is 1.81 bits per heavy atom. The Labute approximate surface area is 151 Å². The maximum absolute atomic E-state index is 11.7. The molecule has 2 aromatic carbocycles. The zero-order valence-corrected chi connectivity index (χ0v) is 14.9. The molecule has 2 aromatic rings. The van der Waals surface area contributed by atoms with Crippen molar-refractivity contribution in [2.45, 2.75) is 19.6 Å². The molecule has 0 radical (unpaired) electrons. The summed E-state index contributed by atoms with van der Waals surface area (Å²) in [4.78, 5) is 11.7. The van der Waals surface area contributed by atoms with Crippen molar-refractivity contribution in [3.05, 3.63) is 47.5 Å². The molecule has 1 heterocycles. The van der Waals surface area contributed by atoms with Crippen LogP contribution in [0.4, 0.5) is 11.4 Å². The van der Waals surface area contributed by atoms with E-state index in [1.807, 2.05) is 25.1 Å². The predicted molar refractivity (Wildman–Crippen MR) is 97.9 cm³/mol. The second kappa shape index (κ2) is 7.30. The number of rotatable bonds is 6. The molecular formula is C18H21N5O3. The summed E-state index contributed by atoms with van der Waals surface area (Å²) in [5, 5.41) is 11.4. The van der Waals surface area contributed by atoms with E-state index in [-0.39, 0.29) is 0 Å². The molecule has 0 fully saturated rings. The molecule has 1 unspecified atom stereocenters. The molecule has 3 rings (SSSR count). The van der Waals surface area contributed by atoms with Crippen molar-refractivity contribution in [2.24, 2.45) is 10.4 Å². The zero-order valence-electron chi connectivity index (χ0n) is 14.9. The molecule has 0 aromatic heterocycles. The van der Waals surface area contributed by atoms with Crippen molar-refractivity contribution in [1.82, 2.24) is 5.01 Å². The Morgan fingerprint density at radius 3 is 2.38 bits per heavy atom. The number of methoxy groups -OCH3 is 2. The summed E-state index contributed by atoms with van der Waals surface area (Å²) in [5.74, 6) is 1.21. The minimum atomic E-state index is -0.662. The molecule has 2 N–H and O–H groups in total. The number of aryl methyl sites for hydroxylation is 1. The van der Waals surface area contributed by atoms with E-state index in [1.54, 1.807) is 37.4 Å². The molecule has 0 spiro atoms. The van der Waals surface area contributed by atoms with Crippen molar-refractivity contribution < 1.29 is 14.3 Å². The van der Waals surface area contributed by atoms with Gasteiger partial charge in [-0.15, -0.1) is 0 Å². The topological polar surface area (TPSA) is 92.8 Å². The van der Waals surface area contributed by atoms with Crippen LogP contribution in [0.3, 0.4) is 0 Å². The zero-order chi connectivity index (χ0) is 18.7. The highest BCUT2D eigenvalue weighted by atomic mass is 16.5. The molecule has 0 saturated carbocycles. The Balaban J connectivity index is 1.84. The molecule has 1 aliphatic heterocycles. The van der Waals surface area contributed by atoms with Crippen LogP contribution in [-0.2, 0) is 11.3 Å². The lowest BCUT2D eigenvalue weighted by molar-refractivity contribution is -0.111. The normalized spacial score (nSPS) is 16.0. The van der Waals surface area contributed by atoms with E-state index < -0.39 is 6.17 Å². The van der Waals surface area contributed by atoms with Gasteiger partial charge in [-0.1, -0.05) is 17.4 Å². The average molecular weight is 355 g/mol. The van der Waals surface area contributed by atoms with Crippen molar-refractivity contribution in [3.8, 4) is 11.5 Å². The van der Waals surface area contributed by atoms with Crippen LogP contribution in [0.25, 0.3) is 0 Å². The summed E-state index contributed by atoms with van der Waals surface area (Å²) in [6.07, 6.45) is 0.139. The standard InChI is InChI=1S/C18H21N5O3/c1-12-6-13(4-5-17(12)19)10-22-18(11-24)23(21-20-22)14-7-15(25-2)9-16(8-14)26-3/h4-9,11,18H,10,19H2,1-3H3. The van der Waals surface area contributed by atoms with Crippen LogP contribution in [0.1, 0.15) is 11.1 Å². The Morgan fingerprint density at radius 1 is 1.12 bits per heavy atom. The van der Waals surface area contributed by atoms with E-state index in [9.17, 15) is 4.79 Å². The lowest BCUT2D eigenvalue weighted by Gasteiger charge is -2.24. The van der Waals surface area contributed by atoms with Gasteiger partial charge in [0.15, 0.2) is 12.5 Å². The lowest BCUT2D eigenvalue weighted by Crippen LogP contribution is -2.39. The molecule has 136 valence electrons. The maximum Gasteiger partial charge on any atom is 0.198 e. The molecule has 0 amide bonds. The summed E-state index contributed by atoms with van der Waals surface area (Å²) >= 11 is 0. The van der Waals surface area contributed by atoms with Gasteiger partial charge in [0.1, 0.15) is 11.5 Å². The molecule has 8 heteroatoms. The van der Waals surface area contributed by atoms with E-state index in [2.05, 4.69) is 10.4 Å². The number of carbonyl (C=O) groups is 1. The number of ether oxygens (including phenoxy) is 2. The number of carbonyl (C=O) groups excluding carboxylic acids is 1. The minimum absolute atomic E-state index is 0.436. The Hall–Kier alpha value is -3.29. The smallest absolute Gasteiger partial charge is 0.198 e. The third-order valence-electron chi connectivity index (χ3n) is 4.21. The number of nitrogen functional groups attached to an aromatic ring is 1. The highest BCUT2D eigenvalue weighted by Crippen LogP contribution is 2.32. The first-order valence-electron chi connectivity index (χ1n) is 8.06. The van der Waals surface area contributed by atoms with Gasteiger partial charge in [-0.25, -0.2) is 10.0 Å². The molecule has 0 bridgehead atoms. The number of benzene rings is 2. The fourth-order valence-corrected chi connectivity index (χ4v) is 2.73. The molecule has 8 nitrogen and oxygen atoms in total. The summed E-state index contributed by atoms with van der Waals surface area (Å²) in [6, 6.07) is 11.0. The Bertz CT molecular complexity index is 817. The van der Waals surface area contributed by atoms with Crippen molar-refractivity contribution in [3.63, 3.8) is 0 Å². The number of nitrogens with zero attached hydrogens (tertiary/aromatic N) is 4. The van der Waals surface area contributed by atoms with Gasteiger partial charge >= 0.3 is 0 Å².